The molecule has 2 heterocycles. The summed E-state index contributed by atoms with van der Waals surface area (Å²) in [5.41, 5.74) is 3.66. The van der Waals surface area contributed by atoms with Gasteiger partial charge < -0.3 is 10.3 Å². The standard InChI is InChI=1S/C17H19N3/c1-13(16-7-4-5-10-19-16)18-11-9-14-12-20-17-8-3-2-6-15(14)17/h2-8,10,12-13,18,20H,9,11H2,1H3/t13-/m1/s1. The van der Waals surface area contributed by atoms with Gasteiger partial charge in [-0.15, -0.1) is 0 Å². The zero-order valence-corrected chi connectivity index (χ0v) is 11.6. The molecular weight excluding hydrogens is 246 g/mol. The number of hydrogen-bond acceptors (Lipinski definition) is 2. The molecule has 0 unspecified atom stereocenters. The summed E-state index contributed by atoms with van der Waals surface area (Å²) < 4.78 is 0. The van der Waals surface area contributed by atoms with E-state index in [0.29, 0.717) is 0 Å². The largest absolute Gasteiger partial charge is 0.361 e. The van der Waals surface area contributed by atoms with Gasteiger partial charge in [0, 0.05) is 29.3 Å². The van der Waals surface area contributed by atoms with Crippen LogP contribution in [0, 0.1) is 0 Å². The second-order valence-electron chi connectivity index (χ2n) is 5.04. The first-order chi connectivity index (χ1) is 9.84. The lowest BCUT2D eigenvalue weighted by atomic mass is 10.1. The number of hydrogen-bond donors (Lipinski definition) is 2. The first-order valence-corrected chi connectivity index (χ1v) is 7.04. The van der Waals surface area contributed by atoms with E-state index in [2.05, 4.69) is 58.7 Å². The number of aromatic amines is 1. The number of nitrogens with zero attached hydrogens (tertiary/aromatic N) is 1. The Morgan fingerprint density at radius 1 is 1.15 bits per heavy atom. The van der Waals surface area contributed by atoms with Gasteiger partial charge in [0.25, 0.3) is 0 Å². The summed E-state index contributed by atoms with van der Waals surface area (Å²) >= 11 is 0. The first-order valence-electron chi connectivity index (χ1n) is 7.04. The highest BCUT2D eigenvalue weighted by Gasteiger charge is 2.06. The van der Waals surface area contributed by atoms with Crippen molar-refractivity contribution in [3.05, 3.63) is 66.1 Å². The monoisotopic (exact) mass is 265 g/mol. The lowest BCUT2D eigenvalue weighted by Gasteiger charge is -2.12. The molecule has 0 fully saturated rings. The summed E-state index contributed by atoms with van der Waals surface area (Å²) in [6, 6.07) is 14.7. The Bertz CT molecular complexity index is 673. The normalized spacial score (nSPS) is 12.7. The maximum Gasteiger partial charge on any atom is 0.0570 e. The van der Waals surface area contributed by atoms with E-state index in [1.54, 1.807) is 0 Å². The van der Waals surface area contributed by atoms with Crippen LogP contribution in [0.5, 0.6) is 0 Å². The molecule has 3 heteroatoms. The molecule has 0 aliphatic carbocycles. The van der Waals surface area contributed by atoms with Crippen LogP contribution in [0.1, 0.15) is 24.2 Å². The van der Waals surface area contributed by atoms with Crippen LogP contribution in [-0.4, -0.2) is 16.5 Å². The molecule has 0 aliphatic rings. The smallest absolute Gasteiger partial charge is 0.0570 e. The van der Waals surface area contributed by atoms with Crippen LogP contribution in [0.25, 0.3) is 10.9 Å². The number of benzene rings is 1. The second-order valence-corrected chi connectivity index (χ2v) is 5.04. The molecule has 2 N–H and O–H groups in total. The molecule has 3 nitrogen and oxygen atoms in total. The summed E-state index contributed by atoms with van der Waals surface area (Å²) in [6.45, 7) is 3.09. The third-order valence-electron chi connectivity index (χ3n) is 3.65. The van der Waals surface area contributed by atoms with E-state index in [9.17, 15) is 0 Å². The van der Waals surface area contributed by atoms with Crippen LogP contribution in [0.3, 0.4) is 0 Å². The fraction of sp³-hybridized carbons (Fsp3) is 0.235. The maximum absolute atomic E-state index is 4.38. The minimum absolute atomic E-state index is 0.279. The molecular formula is C17H19N3. The van der Waals surface area contributed by atoms with Crippen LogP contribution >= 0.6 is 0 Å². The highest BCUT2D eigenvalue weighted by Crippen LogP contribution is 2.18. The molecule has 1 atom stereocenters. The number of pyridine rings is 1. The van der Waals surface area contributed by atoms with Gasteiger partial charge in [-0.1, -0.05) is 24.3 Å². The fourth-order valence-electron chi connectivity index (χ4n) is 2.50. The number of fused-ring (bicyclic) bond motifs is 1. The van der Waals surface area contributed by atoms with Gasteiger partial charge in [0.1, 0.15) is 0 Å². The van der Waals surface area contributed by atoms with E-state index in [0.717, 1.165) is 18.7 Å². The lowest BCUT2D eigenvalue weighted by Crippen LogP contribution is -2.22. The average molecular weight is 265 g/mol. The molecule has 0 aliphatic heterocycles. The third-order valence-corrected chi connectivity index (χ3v) is 3.65. The van der Waals surface area contributed by atoms with Crippen molar-refractivity contribution in [1.82, 2.24) is 15.3 Å². The van der Waals surface area contributed by atoms with Gasteiger partial charge in [-0.3, -0.25) is 4.98 Å². The van der Waals surface area contributed by atoms with Crippen molar-refractivity contribution in [2.75, 3.05) is 6.54 Å². The van der Waals surface area contributed by atoms with Crippen LogP contribution in [0.15, 0.2) is 54.9 Å². The van der Waals surface area contributed by atoms with Crippen LogP contribution < -0.4 is 5.32 Å². The summed E-state index contributed by atoms with van der Waals surface area (Å²) in [4.78, 5) is 7.69. The van der Waals surface area contributed by atoms with E-state index in [4.69, 9.17) is 0 Å². The number of H-pyrrole nitrogens is 1. The molecule has 102 valence electrons. The second kappa shape index (κ2) is 5.88. The molecule has 0 amide bonds. The Morgan fingerprint density at radius 3 is 2.85 bits per heavy atom. The molecule has 0 bridgehead atoms. The maximum atomic E-state index is 4.38. The molecule has 0 spiro atoms. The van der Waals surface area contributed by atoms with Crippen molar-refractivity contribution in [2.45, 2.75) is 19.4 Å². The van der Waals surface area contributed by atoms with E-state index >= 15 is 0 Å². The summed E-state index contributed by atoms with van der Waals surface area (Å²) in [7, 11) is 0. The van der Waals surface area contributed by atoms with Crippen LogP contribution in [0.2, 0.25) is 0 Å². The summed E-state index contributed by atoms with van der Waals surface area (Å²) in [6.07, 6.45) is 4.96. The third kappa shape index (κ3) is 2.73. The van der Waals surface area contributed by atoms with Gasteiger partial charge >= 0.3 is 0 Å². The fourth-order valence-corrected chi connectivity index (χ4v) is 2.50. The van der Waals surface area contributed by atoms with Crippen LogP contribution in [-0.2, 0) is 6.42 Å². The Labute approximate surface area is 119 Å². The van der Waals surface area contributed by atoms with Crippen molar-refractivity contribution in [1.29, 1.82) is 0 Å². The van der Waals surface area contributed by atoms with E-state index in [-0.39, 0.29) is 6.04 Å². The van der Waals surface area contributed by atoms with E-state index in [1.807, 2.05) is 18.3 Å². The van der Waals surface area contributed by atoms with Gasteiger partial charge in [-0.05, 0) is 43.7 Å². The number of nitrogens with one attached hydrogen (secondary N) is 2. The molecule has 0 saturated heterocycles. The van der Waals surface area contributed by atoms with Crippen molar-refractivity contribution >= 4 is 10.9 Å². The Balaban J connectivity index is 1.60. The van der Waals surface area contributed by atoms with Gasteiger partial charge in [-0.2, -0.15) is 0 Å². The van der Waals surface area contributed by atoms with E-state index < -0.39 is 0 Å². The molecule has 3 aromatic rings. The predicted molar refractivity (Wildman–Crippen MR) is 82.7 cm³/mol. The molecule has 3 rings (SSSR count). The number of para-hydroxylation sites is 1. The molecule has 1 aromatic carbocycles. The van der Waals surface area contributed by atoms with Crippen molar-refractivity contribution in [3.63, 3.8) is 0 Å². The molecule has 20 heavy (non-hydrogen) atoms. The quantitative estimate of drug-likeness (QED) is 0.741. The minimum Gasteiger partial charge on any atom is -0.361 e. The molecule has 2 aromatic heterocycles. The first kappa shape index (κ1) is 12.9. The molecule has 0 saturated carbocycles. The van der Waals surface area contributed by atoms with Crippen molar-refractivity contribution in [3.8, 4) is 0 Å². The highest BCUT2D eigenvalue weighted by molar-refractivity contribution is 5.83. The number of aromatic nitrogens is 2. The Kier molecular flexibility index (Phi) is 3.79. The predicted octanol–water partition coefficient (Wildman–Crippen LogP) is 3.46. The lowest BCUT2D eigenvalue weighted by molar-refractivity contribution is 0.565. The zero-order valence-electron chi connectivity index (χ0n) is 11.6. The zero-order chi connectivity index (χ0) is 13.8. The van der Waals surface area contributed by atoms with Crippen molar-refractivity contribution < 1.29 is 0 Å². The molecule has 0 radical (unpaired) electrons. The highest BCUT2D eigenvalue weighted by atomic mass is 14.9. The van der Waals surface area contributed by atoms with Gasteiger partial charge in [0.2, 0.25) is 0 Å². The average Bonchev–Trinajstić information content (AvgIpc) is 2.92. The van der Waals surface area contributed by atoms with Gasteiger partial charge in [-0.25, -0.2) is 0 Å². The van der Waals surface area contributed by atoms with Gasteiger partial charge in [0.05, 0.1) is 5.69 Å². The SMILES string of the molecule is C[C@@H](NCCc1c[nH]c2ccccc12)c1ccccn1. The van der Waals surface area contributed by atoms with E-state index in [1.165, 1.54) is 16.5 Å². The minimum atomic E-state index is 0.279. The Hall–Kier alpha value is -2.13. The number of rotatable bonds is 5. The Morgan fingerprint density at radius 2 is 2.00 bits per heavy atom. The van der Waals surface area contributed by atoms with Gasteiger partial charge in [0.15, 0.2) is 0 Å². The van der Waals surface area contributed by atoms with Crippen molar-refractivity contribution in [2.24, 2.45) is 0 Å². The topological polar surface area (TPSA) is 40.7 Å². The summed E-state index contributed by atoms with van der Waals surface area (Å²) in [5, 5.41) is 4.84. The summed E-state index contributed by atoms with van der Waals surface area (Å²) in [5.74, 6) is 0. The van der Waals surface area contributed by atoms with Crippen LogP contribution in [0.4, 0.5) is 0 Å².